The molecule has 78 valence electrons. The fraction of sp³-hybridized carbons (Fsp3) is 1.00. The minimum atomic E-state index is 1.04. The Morgan fingerprint density at radius 1 is 1.15 bits per heavy atom. The zero-order valence-corrected chi connectivity index (χ0v) is 9.52. The highest BCUT2D eigenvalue weighted by atomic mass is 14.2. The molecule has 0 aromatic heterocycles. The summed E-state index contributed by atoms with van der Waals surface area (Å²) in [4.78, 5) is 0. The molecule has 1 fully saturated rings. The molecule has 0 radical (unpaired) electrons. The minimum Gasteiger partial charge on any atom is -0.0654 e. The molecule has 1 rings (SSSR count). The van der Waals surface area contributed by atoms with E-state index in [9.17, 15) is 0 Å². The SMILES string of the molecule is CCCCC(CC)CC1CCCC1. The van der Waals surface area contributed by atoms with Crippen molar-refractivity contribution >= 4 is 0 Å². The molecule has 1 unspecified atom stereocenters. The molecular weight excluding hydrogens is 156 g/mol. The summed E-state index contributed by atoms with van der Waals surface area (Å²) in [6.45, 7) is 4.68. The molecular formula is C13H26. The Morgan fingerprint density at radius 2 is 1.85 bits per heavy atom. The van der Waals surface area contributed by atoms with E-state index in [1.165, 1.54) is 57.8 Å². The normalized spacial score (nSPS) is 20.8. The zero-order valence-electron chi connectivity index (χ0n) is 9.52. The molecule has 0 heterocycles. The highest BCUT2D eigenvalue weighted by molar-refractivity contribution is 4.71. The second-order valence-electron chi connectivity index (χ2n) is 4.80. The fourth-order valence-corrected chi connectivity index (χ4v) is 2.70. The number of unbranched alkanes of at least 4 members (excludes halogenated alkanes) is 1. The van der Waals surface area contributed by atoms with Crippen LogP contribution in [0.1, 0.15) is 71.6 Å². The van der Waals surface area contributed by atoms with Gasteiger partial charge in [-0.25, -0.2) is 0 Å². The molecule has 1 atom stereocenters. The van der Waals surface area contributed by atoms with Gasteiger partial charge in [0.1, 0.15) is 0 Å². The van der Waals surface area contributed by atoms with Gasteiger partial charge in [-0.15, -0.1) is 0 Å². The summed E-state index contributed by atoms with van der Waals surface area (Å²) in [5.41, 5.74) is 0. The van der Waals surface area contributed by atoms with Crippen molar-refractivity contribution in [1.29, 1.82) is 0 Å². The standard InChI is InChI=1S/C13H26/c1-3-5-8-12(4-2)11-13-9-6-7-10-13/h12-13H,3-11H2,1-2H3. The number of hydrogen-bond donors (Lipinski definition) is 0. The Hall–Kier alpha value is 0. The number of rotatable bonds is 6. The van der Waals surface area contributed by atoms with Gasteiger partial charge in [-0.05, 0) is 18.3 Å². The fourth-order valence-electron chi connectivity index (χ4n) is 2.70. The molecule has 0 aromatic rings. The summed E-state index contributed by atoms with van der Waals surface area (Å²) in [7, 11) is 0. The van der Waals surface area contributed by atoms with E-state index in [-0.39, 0.29) is 0 Å². The van der Waals surface area contributed by atoms with E-state index in [1.54, 1.807) is 0 Å². The Kier molecular flexibility index (Phi) is 5.50. The molecule has 1 saturated carbocycles. The first kappa shape index (κ1) is 11.1. The average Bonchev–Trinajstić information content (AvgIpc) is 2.64. The molecule has 0 N–H and O–H groups in total. The molecule has 1 aliphatic carbocycles. The smallest absolute Gasteiger partial charge is 0.0412 e. The Balaban J connectivity index is 2.13. The van der Waals surface area contributed by atoms with Gasteiger partial charge in [0, 0.05) is 0 Å². The van der Waals surface area contributed by atoms with Crippen LogP contribution in [0, 0.1) is 11.8 Å². The first-order valence-electron chi connectivity index (χ1n) is 6.36. The van der Waals surface area contributed by atoms with Crippen LogP contribution in [0.3, 0.4) is 0 Å². The van der Waals surface area contributed by atoms with Gasteiger partial charge in [0.2, 0.25) is 0 Å². The van der Waals surface area contributed by atoms with E-state index < -0.39 is 0 Å². The summed E-state index contributed by atoms with van der Waals surface area (Å²) >= 11 is 0. The van der Waals surface area contributed by atoms with E-state index >= 15 is 0 Å². The van der Waals surface area contributed by atoms with Gasteiger partial charge in [0.15, 0.2) is 0 Å². The lowest BCUT2D eigenvalue weighted by Crippen LogP contribution is -2.05. The summed E-state index contributed by atoms with van der Waals surface area (Å²) in [6.07, 6.45) is 13.3. The van der Waals surface area contributed by atoms with E-state index in [0.29, 0.717) is 0 Å². The van der Waals surface area contributed by atoms with Crippen LogP contribution in [0.5, 0.6) is 0 Å². The average molecular weight is 182 g/mol. The third kappa shape index (κ3) is 4.15. The van der Waals surface area contributed by atoms with Crippen molar-refractivity contribution in [1.82, 2.24) is 0 Å². The summed E-state index contributed by atoms with van der Waals surface area (Å²) in [6, 6.07) is 0. The van der Waals surface area contributed by atoms with Crippen LogP contribution in [0.25, 0.3) is 0 Å². The Labute approximate surface area is 84.1 Å². The molecule has 13 heavy (non-hydrogen) atoms. The molecule has 0 spiro atoms. The molecule has 0 bridgehead atoms. The van der Waals surface area contributed by atoms with Gasteiger partial charge in [0.05, 0.1) is 0 Å². The molecule has 0 heteroatoms. The first-order valence-corrected chi connectivity index (χ1v) is 6.36. The van der Waals surface area contributed by atoms with Gasteiger partial charge < -0.3 is 0 Å². The monoisotopic (exact) mass is 182 g/mol. The molecule has 1 aliphatic rings. The van der Waals surface area contributed by atoms with E-state index in [2.05, 4.69) is 13.8 Å². The predicted octanol–water partition coefficient (Wildman–Crippen LogP) is 4.78. The first-order chi connectivity index (χ1) is 6.36. The maximum absolute atomic E-state index is 2.37. The third-order valence-electron chi connectivity index (χ3n) is 3.68. The molecule has 0 saturated heterocycles. The van der Waals surface area contributed by atoms with Gasteiger partial charge in [0.25, 0.3) is 0 Å². The predicted molar refractivity (Wildman–Crippen MR) is 59.9 cm³/mol. The summed E-state index contributed by atoms with van der Waals surface area (Å²) in [5.74, 6) is 2.14. The second kappa shape index (κ2) is 6.45. The zero-order chi connectivity index (χ0) is 9.52. The molecule has 0 nitrogen and oxygen atoms in total. The lowest BCUT2D eigenvalue weighted by Gasteiger charge is -2.18. The van der Waals surface area contributed by atoms with E-state index in [0.717, 1.165) is 11.8 Å². The molecule has 0 amide bonds. The highest BCUT2D eigenvalue weighted by Crippen LogP contribution is 2.32. The number of hydrogen-bond acceptors (Lipinski definition) is 0. The lowest BCUT2D eigenvalue weighted by atomic mass is 9.88. The largest absolute Gasteiger partial charge is 0.0654 e. The quantitative estimate of drug-likeness (QED) is 0.554. The van der Waals surface area contributed by atoms with Crippen LogP contribution < -0.4 is 0 Å². The van der Waals surface area contributed by atoms with E-state index in [1.807, 2.05) is 0 Å². The maximum Gasteiger partial charge on any atom is -0.0412 e. The highest BCUT2D eigenvalue weighted by Gasteiger charge is 2.18. The topological polar surface area (TPSA) is 0 Å². The van der Waals surface area contributed by atoms with Gasteiger partial charge in [-0.1, -0.05) is 65.2 Å². The van der Waals surface area contributed by atoms with Crippen LogP contribution in [0.4, 0.5) is 0 Å². The van der Waals surface area contributed by atoms with Crippen molar-refractivity contribution in [3.8, 4) is 0 Å². The minimum absolute atomic E-state index is 1.04. The maximum atomic E-state index is 2.37. The van der Waals surface area contributed by atoms with Crippen LogP contribution in [-0.2, 0) is 0 Å². The van der Waals surface area contributed by atoms with E-state index in [4.69, 9.17) is 0 Å². The van der Waals surface area contributed by atoms with Crippen molar-refractivity contribution in [3.05, 3.63) is 0 Å². The lowest BCUT2D eigenvalue weighted by molar-refractivity contribution is 0.341. The Morgan fingerprint density at radius 3 is 2.38 bits per heavy atom. The summed E-state index contributed by atoms with van der Waals surface area (Å²) < 4.78 is 0. The van der Waals surface area contributed by atoms with Crippen molar-refractivity contribution in [2.24, 2.45) is 11.8 Å². The molecule has 0 aromatic carbocycles. The van der Waals surface area contributed by atoms with Crippen molar-refractivity contribution in [2.45, 2.75) is 71.6 Å². The van der Waals surface area contributed by atoms with Crippen LogP contribution in [0.2, 0.25) is 0 Å². The third-order valence-corrected chi connectivity index (χ3v) is 3.68. The van der Waals surface area contributed by atoms with Gasteiger partial charge >= 0.3 is 0 Å². The van der Waals surface area contributed by atoms with Crippen LogP contribution >= 0.6 is 0 Å². The van der Waals surface area contributed by atoms with Gasteiger partial charge in [-0.3, -0.25) is 0 Å². The van der Waals surface area contributed by atoms with Crippen molar-refractivity contribution in [3.63, 3.8) is 0 Å². The van der Waals surface area contributed by atoms with Crippen LogP contribution in [0.15, 0.2) is 0 Å². The molecule has 0 aliphatic heterocycles. The Bertz CT molecular complexity index is 111. The van der Waals surface area contributed by atoms with Crippen LogP contribution in [-0.4, -0.2) is 0 Å². The van der Waals surface area contributed by atoms with Crippen molar-refractivity contribution in [2.75, 3.05) is 0 Å². The second-order valence-corrected chi connectivity index (χ2v) is 4.80. The van der Waals surface area contributed by atoms with Crippen molar-refractivity contribution < 1.29 is 0 Å². The van der Waals surface area contributed by atoms with Gasteiger partial charge in [-0.2, -0.15) is 0 Å². The summed E-state index contributed by atoms with van der Waals surface area (Å²) in [5, 5.41) is 0.